The molecule has 3 rings (SSSR count). The molecule has 1 heterocycles. The zero-order chi connectivity index (χ0) is 17.6. The molecule has 25 heavy (non-hydrogen) atoms. The van der Waals surface area contributed by atoms with Crippen LogP contribution in [0.4, 0.5) is 0 Å². The molecular formula is C21H24N2O2. The summed E-state index contributed by atoms with van der Waals surface area (Å²) >= 11 is 0. The zero-order valence-corrected chi connectivity index (χ0v) is 14.5. The molecule has 2 aromatic carbocycles. The molecule has 0 aliphatic heterocycles. The van der Waals surface area contributed by atoms with Gasteiger partial charge in [-0.25, -0.2) is 5.06 Å². The van der Waals surface area contributed by atoms with Crippen LogP contribution in [0.15, 0.2) is 54.7 Å². The number of hydrogen-bond acceptors (Lipinski definition) is 2. The zero-order valence-electron chi connectivity index (χ0n) is 14.5. The third-order valence-corrected chi connectivity index (χ3v) is 4.54. The molecule has 0 aliphatic rings. The summed E-state index contributed by atoms with van der Waals surface area (Å²) in [6.07, 6.45) is 6.64. The Hall–Kier alpha value is -2.59. The molecule has 0 bridgehead atoms. The molecule has 0 aliphatic carbocycles. The van der Waals surface area contributed by atoms with Crippen molar-refractivity contribution in [2.24, 2.45) is 0 Å². The Labute approximate surface area is 148 Å². The lowest BCUT2D eigenvalue weighted by atomic mass is 10.0. The number of rotatable bonds is 7. The topological polar surface area (TPSA) is 56.3 Å². The van der Waals surface area contributed by atoms with Crippen molar-refractivity contribution in [3.8, 4) is 0 Å². The number of hydrogen-bond donors (Lipinski definition) is 2. The summed E-state index contributed by atoms with van der Waals surface area (Å²) in [5.41, 5.74) is 4.79. The van der Waals surface area contributed by atoms with Gasteiger partial charge in [-0.1, -0.05) is 30.3 Å². The number of carbonyl (C=O) groups is 1. The molecule has 4 nitrogen and oxygen atoms in total. The summed E-state index contributed by atoms with van der Waals surface area (Å²) in [4.78, 5) is 14.7. The minimum atomic E-state index is -0.299. The minimum absolute atomic E-state index is 0.231. The van der Waals surface area contributed by atoms with Crippen LogP contribution in [-0.2, 0) is 24.1 Å². The molecule has 0 unspecified atom stereocenters. The van der Waals surface area contributed by atoms with Crippen LogP contribution in [0.1, 0.15) is 29.5 Å². The normalized spacial score (nSPS) is 11.0. The van der Waals surface area contributed by atoms with Gasteiger partial charge in [0.2, 0.25) is 5.91 Å². The number of aryl methyl sites for hydroxylation is 2. The number of unbranched alkanes of at least 4 members (excludes halogenated alkanes) is 1. The number of likely N-dealkylation sites (N-methyl/N-ethyl adjacent to an activating group) is 1. The lowest BCUT2D eigenvalue weighted by molar-refractivity contribution is -0.158. The highest BCUT2D eigenvalue weighted by atomic mass is 16.5. The van der Waals surface area contributed by atoms with Crippen molar-refractivity contribution in [1.82, 2.24) is 10.0 Å². The second-order valence-corrected chi connectivity index (χ2v) is 6.52. The van der Waals surface area contributed by atoms with Crippen LogP contribution in [0, 0.1) is 0 Å². The highest BCUT2D eigenvalue weighted by Crippen LogP contribution is 2.16. The number of aromatic amines is 1. The first kappa shape index (κ1) is 17.2. The van der Waals surface area contributed by atoms with Gasteiger partial charge in [0, 0.05) is 18.8 Å². The molecule has 1 amide bonds. The summed E-state index contributed by atoms with van der Waals surface area (Å²) < 4.78 is 0. The smallest absolute Gasteiger partial charge is 0.250 e. The Bertz CT molecular complexity index is 834. The van der Waals surface area contributed by atoms with E-state index in [4.69, 9.17) is 5.21 Å². The molecule has 0 radical (unpaired) electrons. The van der Waals surface area contributed by atoms with Crippen molar-refractivity contribution in [3.63, 3.8) is 0 Å². The number of amides is 1. The van der Waals surface area contributed by atoms with Crippen LogP contribution >= 0.6 is 0 Å². The monoisotopic (exact) mass is 336 g/mol. The molecule has 1 aromatic heterocycles. The predicted molar refractivity (Wildman–Crippen MR) is 99.6 cm³/mol. The van der Waals surface area contributed by atoms with Crippen LogP contribution in [0.3, 0.4) is 0 Å². The van der Waals surface area contributed by atoms with Crippen LogP contribution in [0.25, 0.3) is 10.9 Å². The molecular weight excluding hydrogens is 312 g/mol. The number of fused-ring (bicyclic) bond motifs is 1. The Balaban J connectivity index is 1.44. The number of nitrogens with zero attached hydrogens (tertiary/aromatic N) is 1. The van der Waals surface area contributed by atoms with Crippen LogP contribution in [0.2, 0.25) is 0 Å². The highest BCUT2D eigenvalue weighted by molar-refractivity contribution is 5.79. The molecule has 130 valence electrons. The van der Waals surface area contributed by atoms with E-state index in [1.54, 1.807) is 0 Å². The fourth-order valence-corrected chi connectivity index (χ4v) is 3.03. The number of nitrogens with one attached hydrogen (secondary N) is 1. The molecule has 0 fully saturated rings. The first-order valence-electron chi connectivity index (χ1n) is 8.71. The van der Waals surface area contributed by atoms with E-state index in [1.165, 1.54) is 29.1 Å². The van der Waals surface area contributed by atoms with Gasteiger partial charge in [-0.15, -0.1) is 0 Å². The number of benzene rings is 2. The van der Waals surface area contributed by atoms with Gasteiger partial charge in [0.05, 0.1) is 6.42 Å². The molecule has 0 saturated heterocycles. The van der Waals surface area contributed by atoms with Crippen molar-refractivity contribution < 1.29 is 10.0 Å². The fourth-order valence-electron chi connectivity index (χ4n) is 3.03. The number of aromatic nitrogens is 1. The first-order valence-corrected chi connectivity index (χ1v) is 8.71. The minimum Gasteiger partial charge on any atom is -0.361 e. The Kier molecular flexibility index (Phi) is 5.51. The van der Waals surface area contributed by atoms with Crippen molar-refractivity contribution in [2.75, 3.05) is 7.05 Å². The molecule has 2 N–H and O–H groups in total. The van der Waals surface area contributed by atoms with Gasteiger partial charge in [0.1, 0.15) is 0 Å². The van der Waals surface area contributed by atoms with Gasteiger partial charge in [-0.3, -0.25) is 10.0 Å². The molecule has 0 atom stereocenters. The number of hydroxylamine groups is 2. The predicted octanol–water partition coefficient (Wildman–Crippen LogP) is 4.12. The van der Waals surface area contributed by atoms with Gasteiger partial charge >= 0.3 is 0 Å². The van der Waals surface area contributed by atoms with Crippen molar-refractivity contribution >= 4 is 16.8 Å². The third-order valence-electron chi connectivity index (χ3n) is 4.54. The lowest BCUT2D eigenvalue weighted by Gasteiger charge is -2.08. The van der Waals surface area contributed by atoms with E-state index in [1.807, 2.05) is 18.3 Å². The van der Waals surface area contributed by atoms with E-state index >= 15 is 0 Å². The van der Waals surface area contributed by atoms with Crippen molar-refractivity contribution in [2.45, 2.75) is 32.1 Å². The molecule has 3 aromatic rings. The van der Waals surface area contributed by atoms with Gasteiger partial charge in [-0.2, -0.15) is 0 Å². The summed E-state index contributed by atoms with van der Waals surface area (Å²) in [5, 5.41) is 11.0. The largest absolute Gasteiger partial charge is 0.361 e. The Morgan fingerprint density at radius 3 is 2.32 bits per heavy atom. The molecule has 0 saturated carbocycles. The quantitative estimate of drug-likeness (QED) is 0.387. The average Bonchev–Trinajstić information content (AvgIpc) is 3.07. The molecule has 4 heteroatoms. The first-order chi connectivity index (χ1) is 12.1. The standard InChI is InChI=1S/C21H24N2O2/c1-23(25)21(24)15-18-8-6-16(7-9-18)4-2-3-5-17-10-11-20-19(14-17)12-13-22-20/h6-14,22,25H,2-5,15H2,1H3. The number of carbonyl (C=O) groups excluding carboxylic acids is 1. The lowest BCUT2D eigenvalue weighted by Crippen LogP contribution is -2.24. The summed E-state index contributed by atoms with van der Waals surface area (Å²) in [6, 6.07) is 16.8. The fraction of sp³-hybridized carbons (Fsp3) is 0.286. The van der Waals surface area contributed by atoms with Crippen LogP contribution in [0.5, 0.6) is 0 Å². The van der Waals surface area contributed by atoms with E-state index in [9.17, 15) is 4.79 Å². The van der Waals surface area contributed by atoms with E-state index in [-0.39, 0.29) is 12.3 Å². The maximum atomic E-state index is 11.5. The Morgan fingerprint density at radius 1 is 0.960 bits per heavy atom. The van der Waals surface area contributed by atoms with Crippen molar-refractivity contribution in [1.29, 1.82) is 0 Å². The third kappa shape index (κ3) is 4.70. The van der Waals surface area contributed by atoms with Crippen LogP contribution < -0.4 is 0 Å². The molecule has 0 spiro atoms. The summed E-state index contributed by atoms with van der Waals surface area (Å²) in [7, 11) is 1.35. The van der Waals surface area contributed by atoms with Gasteiger partial charge in [0.15, 0.2) is 0 Å². The summed E-state index contributed by atoms with van der Waals surface area (Å²) in [6.45, 7) is 0. The van der Waals surface area contributed by atoms with E-state index in [0.717, 1.165) is 31.2 Å². The second kappa shape index (κ2) is 7.99. The van der Waals surface area contributed by atoms with Crippen LogP contribution in [-0.4, -0.2) is 28.2 Å². The summed E-state index contributed by atoms with van der Waals surface area (Å²) in [5.74, 6) is -0.299. The maximum Gasteiger partial charge on any atom is 0.250 e. The SMILES string of the molecule is CN(O)C(=O)Cc1ccc(CCCCc2ccc3[nH]ccc3c2)cc1. The van der Waals surface area contributed by atoms with Gasteiger partial charge in [0.25, 0.3) is 0 Å². The highest BCUT2D eigenvalue weighted by Gasteiger charge is 2.06. The second-order valence-electron chi connectivity index (χ2n) is 6.52. The van der Waals surface area contributed by atoms with Gasteiger partial charge < -0.3 is 4.98 Å². The van der Waals surface area contributed by atoms with Gasteiger partial charge in [-0.05, 0) is 66.0 Å². The number of H-pyrrole nitrogens is 1. The average molecular weight is 336 g/mol. The van der Waals surface area contributed by atoms with E-state index in [0.29, 0.717) is 5.06 Å². The Morgan fingerprint density at radius 2 is 1.60 bits per heavy atom. The maximum absolute atomic E-state index is 11.5. The van der Waals surface area contributed by atoms with E-state index in [2.05, 4.69) is 41.4 Å². The van der Waals surface area contributed by atoms with Crippen molar-refractivity contribution in [3.05, 3.63) is 71.4 Å². The van der Waals surface area contributed by atoms with E-state index < -0.39 is 0 Å².